The van der Waals surface area contributed by atoms with Gasteiger partial charge in [-0.3, -0.25) is 4.79 Å². The van der Waals surface area contributed by atoms with Crippen molar-refractivity contribution >= 4 is 12.1 Å². The third-order valence-electron chi connectivity index (χ3n) is 6.90. The van der Waals surface area contributed by atoms with Crippen LogP contribution in [0.5, 0.6) is 0 Å². The van der Waals surface area contributed by atoms with Crippen molar-refractivity contribution in [2.75, 3.05) is 6.61 Å². The number of halogens is 3. The minimum absolute atomic E-state index is 0.0166. The zero-order valence-electron chi connectivity index (χ0n) is 16.4. The highest BCUT2D eigenvalue weighted by molar-refractivity contribution is 5.80. The number of aliphatic carboxylic acids is 1. The van der Waals surface area contributed by atoms with Gasteiger partial charge in [0.2, 0.25) is 0 Å². The number of amides is 1. The van der Waals surface area contributed by atoms with Crippen LogP contribution in [0.25, 0.3) is 11.1 Å². The number of hydrogen-bond donors (Lipinski definition) is 1. The van der Waals surface area contributed by atoms with Crippen molar-refractivity contribution in [3.63, 3.8) is 0 Å². The molecule has 2 aromatic rings. The van der Waals surface area contributed by atoms with Gasteiger partial charge in [-0.05, 0) is 35.1 Å². The summed E-state index contributed by atoms with van der Waals surface area (Å²) in [5.74, 6) is -5.46. The largest absolute Gasteiger partial charge is 0.481 e. The monoisotopic (exact) mass is 431 g/mol. The van der Waals surface area contributed by atoms with Gasteiger partial charge in [0.15, 0.2) is 0 Å². The third kappa shape index (κ3) is 2.99. The number of carboxylic acid groups (broad SMARTS) is 1. The highest BCUT2D eigenvalue weighted by Crippen LogP contribution is 2.52. The number of carbonyl (C=O) groups excluding carboxylic acids is 1. The van der Waals surface area contributed by atoms with Gasteiger partial charge in [0.1, 0.15) is 6.61 Å². The lowest BCUT2D eigenvalue weighted by Crippen LogP contribution is -2.42. The van der Waals surface area contributed by atoms with Gasteiger partial charge in [-0.2, -0.15) is 13.2 Å². The molecule has 0 unspecified atom stereocenters. The van der Waals surface area contributed by atoms with Gasteiger partial charge in [0.25, 0.3) is 0 Å². The Hall–Kier alpha value is -3.03. The number of alkyl halides is 3. The second-order valence-corrected chi connectivity index (χ2v) is 8.35. The molecule has 2 aromatic carbocycles. The Morgan fingerprint density at radius 3 is 2.03 bits per heavy atom. The van der Waals surface area contributed by atoms with Crippen LogP contribution in [0.3, 0.4) is 0 Å². The topological polar surface area (TPSA) is 66.8 Å². The Balaban J connectivity index is 1.38. The van der Waals surface area contributed by atoms with Gasteiger partial charge in [0.05, 0.1) is 11.8 Å². The molecular formula is C23H20F3NO4. The molecule has 0 radical (unpaired) electrons. The van der Waals surface area contributed by atoms with Crippen molar-refractivity contribution in [3.05, 3.63) is 59.7 Å². The molecule has 5 nitrogen and oxygen atoms in total. The molecule has 2 bridgehead atoms. The summed E-state index contributed by atoms with van der Waals surface area (Å²) in [7, 11) is 0. The lowest BCUT2D eigenvalue weighted by atomic mass is 9.79. The number of nitrogens with zero attached hydrogens (tertiary/aromatic N) is 1. The number of ether oxygens (including phenoxy) is 1. The molecule has 2 saturated heterocycles. The van der Waals surface area contributed by atoms with Crippen LogP contribution >= 0.6 is 0 Å². The van der Waals surface area contributed by atoms with E-state index in [0.29, 0.717) is 0 Å². The molecular weight excluding hydrogens is 411 g/mol. The van der Waals surface area contributed by atoms with Crippen molar-refractivity contribution in [1.82, 2.24) is 4.90 Å². The molecule has 4 atom stereocenters. The van der Waals surface area contributed by atoms with Crippen LogP contribution in [0, 0.1) is 11.8 Å². The predicted octanol–water partition coefficient (Wildman–Crippen LogP) is 4.66. The fraction of sp³-hybridized carbons (Fsp3) is 0.391. The van der Waals surface area contributed by atoms with Crippen molar-refractivity contribution in [1.29, 1.82) is 0 Å². The molecule has 1 aliphatic carbocycles. The number of hydrogen-bond acceptors (Lipinski definition) is 3. The van der Waals surface area contributed by atoms with Crippen molar-refractivity contribution in [2.45, 2.75) is 37.0 Å². The molecule has 2 aliphatic heterocycles. The molecule has 2 heterocycles. The van der Waals surface area contributed by atoms with Crippen LogP contribution < -0.4 is 0 Å². The summed E-state index contributed by atoms with van der Waals surface area (Å²) >= 11 is 0. The number of carbonyl (C=O) groups is 2. The van der Waals surface area contributed by atoms with Gasteiger partial charge in [-0.25, -0.2) is 4.79 Å². The summed E-state index contributed by atoms with van der Waals surface area (Å²) in [5, 5.41) is 9.41. The van der Waals surface area contributed by atoms with Crippen LogP contribution in [0.15, 0.2) is 48.5 Å². The Morgan fingerprint density at radius 1 is 0.968 bits per heavy atom. The van der Waals surface area contributed by atoms with Crippen molar-refractivity contribution in [2.24, 2.45) is 11.8 Å². The SMILES string of the molecule is O=C(O)[C@@H]1[C@H](C(F)(F)F)[C@H]2CC[C@@H]1N2C(=O)OCC1c2ccccc2-c2ccccc21. The highest BCUT2D eigenvalue weighted by atomic mass is 19.4. The van der Waals surface area contributed by atoms with Crippen molar-refractivity contribution < 1.29 is 32.6 Å². The van der Waals surface area contributed by atoms with Gasteiger partial charge < -0.3 is 14.7 Å². The van der Waals surface area contributed by atoms with E-state index in [-0.39, 0.29) is 25.4 Å². The molecule has 1 N–H and O–H groups in total. The molecule has 2 fully saturated rings. The quantitative estimate of drug-likeness (QED) is 0.768. The van der Waals surface area contributed by atoms with Crippen LogP contribution in [0.4, 0.5) is 18.0 Å². The molecule has 0 saturated carbocycles. The third-order valence-corrected chi connectivity index (χ3v) is 6.90. The lowest BCUT2D eigenvalue weighted by Gasteiger charge is -2.27. The molecule has 8 heteroatoms. The predicted molar refractivity (Wildman–Crippen MR) is 104 cm³/mol. The highest BCUT2D eigenvalue weighted by Gasteiger charge is 2.66. The maximum Gasteiger partial charge on any atom is 0.410 e. The van der Waals surface area contributed by atoms with E-state index in [1.807, 2.05) is 48.5 Å². The fourth-order valence-corrected chi connectivity index (χ4v) is 5.73. The average Bonchev–Trinajstić information content (AvgIpc) is 3.40. The van der Waals surface area contributed by atoms with Crippen LogP contribution in [0.1, 0.15) is 29.9 Å². The van der Waals surface area contributed by atoms with Crippen LogP contribution in [-0.4, -0.2) is 46.9 Å². The van der Waals surface area contributed by atoms with Crippen molar-refractivity contribution in [3.8, 4) is 11.1 Å². The van der Waals surface area contributed by atoms with Crippen LogP contribution in [-0.2, 0) is 9.53 Å². The van der Waals surface area contributed by atoms with Crippen LogP contribution in [0.2, 0.25) is 0 Å². The van der Waals surface area contributed by atoms with E-state index >= 15 is 0 Å². The Morgan fingerprint density at radius 2 is 1.52 bits per heavy atom. The first kappa shape index (κ1) is 19.9. The lowest BCUT2D eigenvalue weighted by molar-refractivity contribution is -0.199. The molecule has 0 spiro atoms. The Bertz CT molecular complexity index is 1010. The first-order chi connectivity index (χ1) is 14.8. The second kappa shape index (κ2) is 7.00. The molecule has 31 heavy (non-hydrogen) atoms. The minimum atomic E-state index is -4.69. The Kier molecular flexibility index (Phi) is 4.50. The van der Waals surface area contributed by atoms with Gasteiger partial charge >= 0.3 is 18.2 Å². The maximum absolute atomic E-state index is 13.6. The zero-order valence-corrected chi connectivity index (χ0v) is 16.4. The molecule has 0 aromatic heterocycles. The summed E-state index contributed by atoms with van der Waals surface area (Å²) in [6.07, 6.45) is -5.20. The zero-order chi connectivity index (χ0) is 21.9. The molecule has 5 rings (SSSR count). The van der Waals surface area contributed by atoms with E-state index in [1.165, 1.54) is 0 Å². The van der Waals surface area contributed by atoms with Gasteiger partial charge in [-0.1, -0.05) is 48.5 Å². The van der Waals surface area contributed by atoms with E-state index in [0.717, 1.165) is 27.2 Å². The summed E-state index contributed by atoms with van der Waals surface area (Å²) in [4.78, 5) is 25.5. The molecule has 3 aliphatic rings. The van der Waals surface area contributed by atoms with E-state index in [4.69, 9.17) is 4.74 Å². The first-order valence-electron chi connectivity index (χ1n) is 10.2. The van der Waals surface area contributed by atoms with E-state index in [2.05, 4.69) is 0 Å². The number of carboxylic acids is 1. The normalized spacial score (nSPS) is 26.6. The standard InChI is InChI=1S/C23H20F3NO4/c24-23(25,26)20-18-10-9-17(19(20)21(28)29)27(18)22(30)31-11-16-14-7-3-1-5-12(14)13-6-2-4-8-15(13)16/h1-8,16-20H,9-11H2,(H,28,29)/t17-,18+,19-,20+/m0/s1. The summed E-state index contributed by atoms with van der Waals surface area (Å²) in [6.45, 7) is -0.0166. The summed E-state index contributed by atoms with van der Waals surface area (Å²) in [5.41, 5.74) is 4.09. The minimum Gasteiger partial charge on any atom is -0.481 e. The maximum atomic E-state index is 13.6. The average molecular weight is 431 g/mol. The van der Waals surface area contributed by atoms with E-state index in [9.17, 15) is 27.9 Å². The van der Waals surface area contributed by atoms with E-state index in [1.54, 1.807) is 0 Å². The van der Waals surface area contributed by atoms with Gasteiger partial charge in [-0.15, -0.1) is 0 Å². The number of fused-ring (bicyclic) bond motifs is 5. The fourth-order valence-electron chi connectivity index (χ4n) is 5.73. The Labute approximate surface area is 176 Å². The first-order valence-corrected chi connectivity index (χ1v) is 10.2. The molecule has 1 amide bonds. The number of rotatable bonds is 3. The summed E-state index contributed by atoms with van der Waals surface area (Å²) in [6, 6.07) is 13.3. The smallest absolute Gasteiger partial charge is 0.410 e. The van der Waals surface area contributed by atoms with Gasteiger partial charge in [0, 0.05) is 18.0 Å². The summed E-state index contributed by atoms with van der Waals surface area (Å²) < 4.78 is 46.3. The number of benzene rings is 2. The van der Waals surface area contributed by atoms with E-state index < -0.39 is 42.2 Å². The molecule has 162 valence electrons. The second-order valence-electron chi connectivity index (χ2n) is 8.35.